The number of methoxy groups -OCH3 is 2. The molecule has 1 fully saturated rings. The molecule has 0 amide bonds. The Morgan fingerprint density at radius 1 is 0.778 bits per heavy atom. The van der Waals surface area contributed by atoms with Crippen molar-refractivity contribution in [2.75, 3.05) is 25.7 Å². The lowest BCUT2D eigenvalue weighted by Gasteiger charge is -2.23. The van der Waals surface area contributed by atoms with E-state index in [4.69, 9.17) is 51.9 Å². The summed E-state index contributed by atoms with van der Waals surface area (Å²) in [7, 11) is 2.57. The number of ether oxygens (including phenoxy) is 2. The summed E-state index contributed by atoms with van der Waals surface area (Å²) in [5.41, 5.74) is 7.79. The van der Waals surface area contributed by atoms with Gasteiger partial charge >= 0.3 is 24.3 Å². The zero-order valence-corrected chi connectivity index (χ0v) is 31.6. The Kier molecular flexibility index (Phi) is 14.4. The van der Waals surface area contributed by atoms with Crippen LogP contribution in [-0.2, 0) is 15.0 Å². The van der Waals surface area contributed by atoms with Crippen molar-refractivity contribution in [3.8, 4) is 0 Å². The quantitative estimate of drug-likeness (QED) is 0.0480. The number of hydrogen-bond donors (Lipinski definition) is 0. The lowest BCUT2D eigenvalue weighted by molar-refractivity contribution is -0.158. The molecule has 0 saturated carbocycles. The number of halogens is 10. The summed E-state index contributed by atoms with van der Waals surface area (Å²) in [5, 5.41) is 4.00. The molecule has 286 valence electrons. The van der Waals surface area contributed by atoms with Crippen LogP contribution in [0.4, 0.5) is 37.7 Å². The molecular weight excluding hydrogens is 808 g/mol. The first-order valence-corrected chi connectivity index (χ1v) is 16.6. The third kappa shape index (κ3) is 10.5. The van der Waals surface area contributed by atoms with E-state index in [2.05, 4.69) is 26.1 Å². The van der Waals surface area contributed by atoms with Crippen LogP contribution in [0.2, 0.25) is 20.1 Å². The van der Waals surface area contributed by atoms with E-state index in [-0.39, 0.29) is 37.8 Å². The summed E-state index contributed by atoms with van der Waals surface area (Å²) in [6, 6.07) is 16.9. The molecule has 1 aliphatic heterocycles. The molecule has 8 nitrogen and oxygen atoms in total. The van der Waals surface area contributed by atoms with Gasteiger partial charge in [-0.2, -0.15) is 26.3 Å². The Morgan fingerprint density at radius 3 is 1.65 bits per heavy atom. The van der Waals surface area contributed by atoms with Crippen LogP contribution < -0.4 is 4.90 Å². The molecule has 0 radical (unpaired) electrons. The molecule has 54 heavy (non-hydrogen) atoms. The molecule has 4 aromatic carbocycles. The minimum atomic E-state index is -4.53. The minimum absolute atomic E-state index is 0.0165. The largest absolute Gasteiger partial charge is 0.465 e. The van der Waals surface area contributed by atoms with Crippen molar-refractivity contribution in [2.45, 2.75) is 31.7 Å². The number of carbonyl (C=O) groups excluding carboxylic acids is 2. The summed E-state index contributed by atoms with van der Waals surface area (Å²) in [6.45, 7) is 6.07. The highest BCUT2D eigenvalue weighted by molar-refractivity contribution is 6.35. The van der Waals surface area contributed by atoms with Crippen LogP contribution >= 0.6 is 46.4 Å². The van der Waals surface area contributed by atoms with Gasteiger partial charge in [-0.05, 0) is 108 Å². The maximum absolute atomic E-state index is 13.9. The van der Waals surface area contributed by atoms with Gasteiger partial charge in [0.15, 0.2) is 5.54 Å². The minimum Gasteiger partial charge on any atom is -0.465 e. The van der Waals surface area contributed by atoms with E-state index in [1.54, 1.807) is 32.0 Å². The Bertz CT molecular complexity index is 2080. The van der Waals surface area contributed by atoms with Crippen molar-refractivity contribution in [3.05, 3.63) is 143 Å². The van der Waals surface area contributed by atoms with Gasteiger partial charge in [0.2, 0.25) is 0 Å². The molecule has 0 bridgehead atoms. The first kappa shape index (κ1) is 43.8. The highest BCUT2D eigenvalue weighted by Gasteiger charge is 2.71. The lowest BCUT2D eigenvalue weighted by atomic mass is 9.98. The monoisotopic (exact) mass is 834 g/mol. The van der Waals surface area contributed by atoms with Crippen molar-refractivity contribution in [1.29, 1.82) is 0 Å². The van der Waals surface area contributed by atoms with Crippen LogP contribution in [0.5, 0.6) is 0 Å². The summed E-state index contributed by atoms with van der Waals surface area (Å²) < 4.78 is 87.7. The van der Waals surface area contributed by atoms with E-state index in [0.29, 0.717) is 28.1 Å². The molecule has 1 saturated heterocycles. The second-order valence-electron chi connectivity index (χ2n) is 11.4. The molecule has 4 aromatic rings. The molecule has 18 heteroatoms. The Balaban J connectivity index is 0.000000238. The van der Waals surface area contributed by atoms with Crippen LogP contribution in [0.3, 0.4) is 0 Å². The number of benzene rings is 4. The fraction of sp³-hybridized carbons (Fsp3) is 0.222. The Labute approximate surface area is 325 Å². The van der Waals surface area contributed by atoms with Crippen LogP contribution in [0.25, 0.3) is 16.0 Å². The van der Waals surface area contributed by atoms with E-state index in [1.165, 1.54) is 73.7 Å². The summed E-state index contributed by atoms with van der Waals surface area (Å²) in [6.07, 6.45) is -9.00. The fourth-order valence-corrected chi connectivity index (χ4v) is 6.15. The molecule has 0 aliphatic carbocycles. The molecule has 0 spiro atoms. The normalized spacial score (nSPS) is 14.7. The van der Waals surface area contributed by atoms with Gasteiger partial charge in [-0.25, -0.2) is 9.59 Å². The maximum atomic E-state index is 13.9. The molecule has 5 rings (SSSR count). The van der Waals surface area contributed by atoms with Crippen LogP contribution in [-0.4, -0.2) is 45.1 Å². The molecule has 1 aliphatic rings. The SMILES string of the molecule is C=C(c1cc(Cl)cc(Cl)c1)C(F)(F)F.COC(=O)c1ccc(N2CC2(c2cc(Cl)cc(Cl)c2)C(F)(F)F)cc1C.COC(=O)c1ccc(N=[N+]=[N-])cc1C. The van der Waals surface area contributed by atoms with Crippen LogP contribution in [0, 0.1) is 13.8 Å². The van der Waals surface area contributed by atoms with E-state index < -0.39 is 35.4 Å². The summed E-state index contributed by atoms with van der Waals surface area (Å²) >= 11 is 22.9. The van der Waals surface area contributed by atoms with Crippen molar-refractivity contribution in [1.82, 2.24) is 0 Å². The molecular formula is C36H28Cl4F6N4O4. The van der Waals surface area contributed by atoms with E-state index in [1.807, 2.05) is 0 Å². The van der Waals surface area contributed by atoms with Crippen molar-refractivity contribution in [2.24, 2.45) is 5.11 Å². The molecule has 1 unspecified atom stereocenters. The molecule has 0 aromatic heterocycles. The Morgan fingerprint density at radius 2 is 1.24 bits per heavy atom. The average Bonchev–Trinajstić information content (AvgIpc) is 3.85. The number of hydrogen-bond acceptors (Lipinski definition) is 6. The number of rotatable bonds is 6. The average molecular weight is 836 g/mol. The number of carbonyl (C=O) groups is 2. The van der Waals surface area contributed by atoms with E-state index in [9.17, 15) is 35.9 Å². The smallest absolute Gasteiger partial charge is 0.417 e. The highest BCUT2D eigenvalue weighted by atomic mass is 35.5. The number of esters is 2. The molecule has 1 heterocycles. The van der Waals surface area contributed by atoms with Crippen molar-refractivity contribution in [3.63, 3.8) is 0 Å². The van der Waals surface area contributed by atoms with Gasteiger partial charge in [0.25, 0.3) is 0 Å². The second-order valence-corrected chi connectivity index (χ2v) is 13.2. The second kappa shape index (κ2) is 17.7. The number of alkyl halides is 6. The van der Waals surface area contributed by atoms with Gasteiger partial charge in [0, 0.05) is 36.4 Å². The number of aryl methyl sites for hydroxylation is 2. The number of allylic oxidation sites excluding steroid dienone is 1. The third-order valence-corrected chi connectivity index (χ3v) is 8.68. The first-order valence-electron chi connectivity index (χ1n) is 15.1. The Hall–Kier alpha value is -4.59. The number of anilines is 1. The zero-order chi connectivity index (χ0) is 40.8. The highest BCUT2D eigenvalue weighted by Crippen LogP contribution is 2.57. The fourth-order valence-electron chi connectivity index (χ4n) is 5.10. The third-order valence-electron chi connectivity index (χ3n) is 7.81. The number of nitrogens with zero attached hydrogens (tertiary/aromatic N) is 4. The predicted molar refractivity (Wildman–Crippen MR) is 197 cm³/mol. The first-order chi connectivity index (χ1) is 25.1. The zero-order valence-electron chi connectivity index (χ0n) is 28.5. The van der Waals surface area contributed by atoms with Crippen LogP contribution in [0.15, 0.2) is 84.5 Å². The molecule has 1 atom stereocenters. The van der Waals surface area contributed by atoms with E-state index in [0.717, 1.165) is 5.56 Å². The predicted octanol–water partition coefficient (Wildman–Crippen LogP) is 12.7. The van der Waals surface area contributed by atoms with Gasteiger partial charge in [-0.3, -0.25) is 0 Å². The lowest BCUT2D eigenvalue weighted by Crippen LogP contribution is -2.34. The van der Waals surface area contributed by atoms with Gasteiger partial charge in [-0.15, -0.1) is 0 Å². The summed E-state index contributed by atoms with van der Waals surface area (Å²) in [4.78, 5) is 26.7. The topological polar surface area (TPSA) is 104 Å². The van der Waals surface area contributed by atoms with E-state index >= 15 is 0 Å². The van der Waals surface area contributed by atoms with Crippen molar-refractivity contribution < 1.29 is 45.4 Å². The van der Waals surface area contributed by atoms with Gasteiger partial charge < -0.3 is 14.4 Å². The van der Waals surface area contributed by atoms with Gasteiger partial charge in [-0.1, -0.05) is 64.2 Å². The standard InChI is InChI=1S/C18H14Cl2F3NO2.C9H5Cl2F3.C9H9N3O2/c1-10-5-14(3-4-15(10)16(25)26-2)24-9-17(24,18(21,22)23)11-6-12(19)8-13(20)7-11;1-5(9(12,13)14)6-2-7(10)4-8(11)3-6;1-6-5-7(11-12-10)3-4-8(6)9(13)14-2/h3-8H,9H2,1-2H3;2-4H,1H2;3-5H,1-2H3. The van der Waals surface area contributed by atoms with Gasteiger partial charge in [0.1, 0.15) is 0 Å². The maximum Gasteiger partial charge on any atom is 0.417 e. The molecule has 0 N–H and O–H groups in total. The van der Waals surface area contributed by atoms with Crippen molar-refractivity contribution >= 4 is 75.3 Å². The number of azide groups is 1. The van der Waals surface area contributed by atoms with Crippen LogP contribution in [0.1, 0.15) is 43.0 Å². The van der Waals surface area contributed by atoms with Gasteiger partial charge in [0.05, 0.1) is 37.5 Å². The summed E-state index contributed by atoms with van der Waals surface area (Å²) in [5.74, 6) is -0.932.